The van der Waals surface area contributed by atoms with Crippen molar-refractivity contribution in [3.05, 3.63) is 131 Å². The number of nitrogens with one attached hydrogen (secondary N) is 2. The van der Waals surface area contributed by atoms with Gasteiger partial charge in [0.05, 0.1) is 0 Å². The molecule has 0 aliphatic carbocycles. The molecule has 0 bridgehead atoms. The van der Waals surface area contributed by atoms with Gasteiger partial charge in [-0.1, -0.05) is 84.9 Å². The summed E-state index contributed by atoms with van der Waals surface area (Å²) in [5, 5.41) is 10.8. The molecule has 0 spiro atoms. The van der Waals surface area contributed by atoms with E-state index >= 15 is 0 Å². The molecule has 0 saturated heterocycles. The second-order valence-electron chi connectivity index (χ2n) is 9.54. The monoisotopic (exact) mass is 563 g/mol. The molecule has 1 heterocycles. The predicted molar refractivity (Wildman–Crippen MR) is 162 cm³/mol. The molecule has 0 amide bonds. The van der Waals surface area contributed by atoms with Crippen molar-refractivity contribution in [3.63, 3.8) is 0 Å². The maximum absolute atomic E-state index is 12.6. The van der Waals surface area contributed by atoms with E-state index in [-0.39, 0.29) is 12.5 Å². The van der Waals surface area contributed by atoms with Crippen LogP contribution in [0, 0.1) is 0 Å². The highest BCUT2D eigenvalue weighted by Gasteiger charge is 2.16. The summed E-state index contributed by atoms with van der Waals surface area (Å²) >= 11 is 0. The Bertz CT molecular complexity index is 1540. The van der Waals surface area contributed by atoms with Crippen molar-refractivity contribution < 1.29 is 19.0 Å². The molecule has 5 aromatic rings. The lowest BCUT2D eigenvalue weighted by atomic mass is 10.2. The van der Waals surface area contributed by atoms with Crippen LogP contribution in [0.25, 0.3) is 0 Å². The van der Waals surface area contributed by atoms with E-state index in [0.717, 1.165) is 33.8 Å². The van der Waals surface area contributed by atoms with Crippen molar-refractivity contribution in [2.24, 2.45) is 0 Å². The van der Waals surface area contributed by atoms with Crippen LogP contribution in [0.4, 0.5) is 11.9 Å². The summed E-state index contributed by atoms with van der Waals surface area (Å²) in [6.45, 7) is 1.82. The molecular formula is C33H33N5O4. The third-order valence-electron chi connectivity index (χ3n) is 6.36. The number of carbonyl (C=O) groups is 1. The zero-order valence-corrected chi connectivity index (χ0v) is 23.4. The van der Waals surface area contributed by atoms with E-state index in [1.54, 1.807) is 0 Å². The fraction of sp³-hybridized carbons (Fsp3) is 0.182. The lowest BCUT2D eigenvalue weighted by Gasteiger charge is -2.09. The van der Waals surface area contributed by atoms with Crippen LogP contribution in [0.3, 0.4) is 0 Å². The maximum Gasteiger partial charge on any atom is 0.276 e. The Hall–Kier alpha value is -5.15. The van der Waals surface area contributed by atoms with E-state index in [9.17, 15) is 4.79 Å². The van der Waals surface area contributed by atoms with Gasteiger partial charge in [-0.05, 0) is 46.5 Å². The van der Waals surface area contributed by atoms with E-state index in [0.29, 0.717) is 38.2 Å². The molecule has 0 aliphatic rings. The SMILES string of the molecule is COCC(=O)n1nc(NCc2ccc(OCc3ccccc3)cc2)nc1NCc1ccc(OCc2ccccc2)cc1. The molecule has 0 unspecified atom stereocenters. The molecule has 0 aliphatic heterocycles. The molecule has 0 fully saturated rings. The highest BCUT2D eigenvalue weighted by atomic mass is 16.5. The van der Waals surface area contributed by atoms with Crippen molar-refractivity contribution in [1.29, 1.82) is 0 Å². The molecule has 0 atom stereocenters. The summed E-state index contributed by atoms with van der Waals surface area (Å²) in [4.78, 5) is 17.1. The minimum absolute atomic E-state index is 0.116. The molecule has 5 rings (SSSR count). The van der Waals surface area contributed by atoms with Crippen LogP contribution in [0.15, 0.2) is 109 Å². The Balaban J connectivity index is 1.15. The standard InChI is InChI=1S/C33H33N5O4/c1-40-24-31(39)38-33(35-21-26-14-18-30(19-15-26)42-23-28-10-6-3-7-11-28)36-32(37-38)34-20-25-12-16-29(17-13-25)41-22-27-8-4-2-5-9-27/h2-19H,20-24H2,1H3,(H2,34,35,36,37). The van der Waals surface area contributed by atoms with Crippen LogP contribution in [0.5, 0.6) is 11.5 Å². The Morgan fingerprint density at radius 1 is 0.667 bits per heavy atom. The zero-order chi connectivity index (χ0) is 29.0. The summed E-state index contributed by atoms with van der Waals surface area (Å²) < 4.78 is 18.0. The van der Waals surface area contributed by atoms with E-state index in [2.05, 4.69) is 20.7 Å². The quantitative estimate of drug-likeness (QED) is 0.171. The highest BCUT2D eigenvalue weighted by Crippen LogP contribution is 2.18. The van der Waals surface area contributed by atoms with Crippen molar-refractivity contribution in [1.82, 2.24) is 14.8 Å². The van der Waals surface area contributed by atoms with Gasteiger partial charge in [-0.3, -0.25) is 4.79 Å². The average Bonchev–Trinajstić information content (AvgIpc) is 3.46. The van der Waals surface area contributed by atoms with Crippen LogP contribution in [-0.4, -0.2) is 34.4 Å². The molecule has 9 nitrogen and oxygen atoms in total. The van der Waals surface area contributed by atoms with Crippen LogP contribution in [-0.2, 0) is 31.0 Å². The van der Waals surface area contributed by atoms with Gasteiger partial charge in [-0.15, -0.1) is 5.10 Å². The Kier molecular flexibility index (Phi) is 9.78. The number of anilines is 2. The van der Waals surface area contributed by atoms with E-state index in [1.165, 1.54) is 11.8 Å². The summed E-state index contributed by atoms with van der Waals surface area (Å²) in [6.07, 6.45) is 0. The molecule has 1 aromatic heterocycles. The smallest absolute Gasteiger partial charge is 0.276 e. The molecular weight excluding hydrogens is 530 g/mol. The second kappa shape index (κ2) is 14.5. The minimum atomic E-state index is -0.329. The van der Waals surface area contributed by atoms with Gasteiger partial charge in [-0.2, -0.15) is 9.67 Å². The van der Waals surface area contributed by atoms with Gasteiger partial charge < -0.3 is 24.8 Å². The summed E-state index contributed by atoms with van der Waals surface area (Å²) in [7, 11) is 1.47. The number of carbonyl (C=O) groups excluding carboxylic acids is 1. The van der Waals surface area contributed by atoms with Gasteiger partial charge in [-0.25, -0.2) is 0 Å². The molecule has 0 saturated carbocycles. The van der Waals surface area contributed by atoms with Gasteiger partial charge in [0, 0.05) is 20.2 Å². The first-order valence-corrected chi connectivity index (χ1v) is 13.6. The Labute approximate surface area is 245 Å². The molecule has 42 heavy (non-hydrogen) atoms. The molecule has 0 radical (unpaired) electrons. The van der Waals surface area contributed by atoms with Gasteiger partial charge in [0.2, 0.25) is 11.9 Å². The third kappa shape index (κ3) is 8.18. The number of rotatable bonds is 14. The first-order chi connectivity index (χ1) is 20.7. The van der Waals surface area contributed by atoms with Gasteiger partial charge in [0.1, 0.15) is 31.3 Å². The van der Waals surface area contributed by atoms with Crippen LogP contribution in [0.1, 0.15) is 27.0 Å². The van der Waals surface area contributed by atoms with E-state index in [1.807, 2.05) is 109 Å². The largest absolute Gasteiger partial charge is 0.489 e. The molecule has 214 valence electrons. The van der Waals surface area contributed by atoms with Crippen LogP contribution in [0.2, 0.25) is 0 Å². The maximum atomic E-state index is 12.6. The van der Waals surface area contributed by atoms with Crippen molar-refractivity contribution >= 4 is 17.8 Å². The topological polar surface area (TPSA) is 99.5 Å². The predicted octanol–water partition coefficient (Wildman–Crippen LogP) is 5.95. The van der Waals surface area contributed by atoms with E-state index < -0.39 is 0 Å². The minimum Gasteiger partial charge on any atom is -0.489 e. The number of nitrogens with zero attached hydrogens (tertiary/aromatic N) is 3. The number of methoxy groups -OCH3 is 1. The molecule has 9 heteroatoms. The van der Waals surface area contributed by atoms with Crippen molar-refractivity contribution in [3.8, 4) is 11.5 Å². The fourth-order valence-corrected chi connectivity index (χ4v) is 4.11. The number of hydrogen-bond donors (Lipinski definition) is 2. The van der Waals surface area contributed by atoms with E-state index in [4.69, 9.17) is 14.2 Å². The lowest BCUT2D eigenvalue weighted by molar-refractivity contribution is 0.0748. The summed E-state index contributed by atoms with van der Waals surface area (Å²) in [5.74, 6) is 1.90. The Morgan fingerprint density at radius 2 is 1.17 bits per heavy atom. The normalized spacial score (nSPS) is 10.7. The van der Waals surface area contributed by atoms with Crippen LogP contribution >= 0.6 is 0 Å². The summed E-state index contributed by atoms with van der Waals surface area (Å²) in [6, 6.07) is 35.7. The van der Waals surface area contributed by atoms with Gasteiger partial charge >= 0.3 is 0 Å². The van der Waals surface area contributed by atoms with Crippen molar-refractivity contribution in [2.75, 3.05) is 24.4 Å². The first-order valence-electron chi connectivity index (χ1n) is 13.6. The second-order valence-corrected chi connectivity index (χ2v) is 9.54. The first kappa shape index (κ1) is 28.4. The van der Waals surface area contributed by atoms with Gasteiger partial charge in [0.25, 0.3) is 5.91 Å². The third-order valence-corrected chi connectivity index (χ3v) is 6.36. The Morgan fingerprint density at radius 3 is 1.67 bits per heavy atom. The van der Waals surface area contributed by atoms with Gasteiger partial charge in [0.15, 0.2) is 0 Å². The molecule has 4 aromatic carbocycles. The number of aromatic nitrogens is 3. The fourth-order valence-electron chi connectivity index (χ4n) is 4.11. The zero-order valence-electron chi connectivity index (χ0n) is 23.4. The number of hydrogen-bond acceptors (Lipinski definition) is 8. The number of ether oxygens (including phenoxy) is 3. The average molecular weight is 564 g/mol. The van der Waals surface area contributed by atoms with Crippen LogP contribution < -0.4 is 20.1 Å². The molecule has 2 N–H and O–H groups in total. The lowest BCUT2D eigenvalue weighted by Crippen LogP contribution is -2.20. The highest BCUT2D eigenvalue weighted by molar-refractivity contribution is 5.82. The van der Waals surface area contributed by atoms with Crippen molar-refractivity contribution in [2.45, 2.75) is 26.3 Å². The number of benzene rings is 4. The summed E-state index contributed by atoms with van der Waals surface area (Å²) in [5.41, 5.74) is 4.24.